The lowest BCUT2D eigenvalue weighted by molar-refractivity contribution is 0.0873. The number of methoxy groups -OCH3 is 2. The zero-order valence-corrected chi connectivity index (χ0v) is 14.9. The van der Waals surface area contributed by atoms with E-state index in [2.05, 4.69) is 15.5 Å². The molecular formula is C19H19N3O5. The smallest absolute Gasteiger partial charge is 0.316 e. The fourth-order valence-electron chi connectivity index (χ4n) is 2.47. The van der Waals surface area contributed by atoms with Gasteiger partial charge in [-0.2, -0.15) is 4.98 Å². The minimum Gasteiger partial charge on any atom is -0.493 e. The molecule has 0 aliphatic carbocycles. The van der Waals surface area contributed by atoms with Crippen molar-refractivity contribution in [2.75, 3.05) is 20.8 Å². The maximum absolute atomic E-state index is 12.2. The number of hydrogen-bond donors (Lipinski definition) is 2. The van der Waals surface area contributed by atoms with Gasteiger partial charge in [0.15, 0.2) is 11.5 Å². The minimum atomic E-state index is -0.830. The summed E-state index contributed by atoms with van der Waals surface area (Å²) in [6, 6.07) is 14.2. The molecule has 1 heterocycles. The third-order valence-electron chi connectivity index (χ3n) is 3.90. The van der Waals surface area contributed by atoms with E-state index in [-0.39, 0.29) is 18.3 Å². The largest absolute Gasteiger partial charge is 0.493 e. The molecule has 1 aromatic heterocycles. The van der Waals surface area contributed by atoms with Crippen LogP contribution in [0.25, 0.3) is 11.4 Å². The molecule has 8 nitrogen and oxygen atoms in total. The topological polar surface area (TPSA) is 107 Å². The maximum Gasteiger partial charge on any atom is 0.316 e. The third kappa shape index (κ3) is 4.24. The summed E-state index contributed by atoms with van der Waals surface area (Å²) in [4.78, 5) is 16.3. The Morgan fingerprint density at radius 1 is 1.15 bits per heavy atom. The first-order valence-electron chi connectivity index (χ1n) is 8.19. The Morgan fingerprint density at radius 3 is 2.59 bits per heavy atom. The fourth-order valence-corrected chi connectivity index (χ4v) is 2.47. The molecule has 0 bridgehead atoms. The molecule has 2 aromatic carbocycles. The molecule has 1 amide bonds. The van der Waals surface area contributed by atoms with Crippen LogP contribution >= 0.6 is 0 Å². The van der Waals surface area contributed by atoms with Gasteiger partial charge in [0.05, 0.1) is 20.3 Å². The van der Waals surface area contributed by atoms with E-state index in [1.807, 2.05) is 18.2 Å². The number of aliphatic hydroxyl groups excluding tert-OH is 1. The average Bonchev–Trinajstić information content (AvgIpc) is 3.22. The average molecular weight is 369 g/mol. The van der Waals surface area contributed by atoms with Gasteiger partial charge in [0.25, 0.3) is 0 Å². The molecule has 1 atom stereocenters. The molecule has 2 N–H and O–H groups in total. The Morgan fingerprint density at radius 2 is 1.89 bits per heavy atom. The molecule has 0 unspecified atom stereocenters. The second-order valence-electron chi connectivity index (χ2n) is 5.63. The third-order valence-corrected chi connectivity index (χ3v) is 3.90. The normalized spacial score (nSPS) is 11.7. The number of carbonyl (C=O) groups excluding carboxylic acids is 1. The molecule has 0 saturated heterocycles. The molecule has 0 aliphatic rings. The molecule has 8 heteroatoms. The number of rotatable bonds is 7. The monoisotopic (exact) mass is 369 g/mol. The van der Waals surface area contributed by atoms with E-state index < -0.39 is 12.0 Å². The molecule has 140 valence electrons. The Kier molecular flexibility index (Phi) is 5.68. The van der Waals surface area contributed by atoms with E-state index in [0.717, 1.165) is 0 Å². The van der Waals surface area contributed by atoms with Crippen molar-refractivity contribution in [3.63, 3.8) is 0 Å². The van der Waals surface area contributed by atoms with E-state index in [1.165, 1.54) is 14.2 Å². The molecular weight excluding hydrogens is 350 g/mol. The van der Waals surface area contributed by atoms with Crippen molar-refractivity contribution < 1.29 is 23.9 Å². The van der Waals surface area contributed by atoms with Crippen molar-refractivity contribution in [3.05, 3.63) is 60.0 Å². The van der Waals surface area contributed by atoms with Crippen LogP contribution in [0.2, 0.25) is 0 Å². The molecule has 27 heavy (non-hydrogen) atoms. The van der Waals surface area contributed by atoms with Crippen LogP contribution in [0.15, 0.2) is 53.1 Å². The second-order valence-corrected chi connectivity index (χ2v) is 5.63. The summed E-state index contributed by atoms with van der Waals surface area (Å²) < 4.78 is 15.4. The van der Waals surface area contributed by atoms with Crippen LogP contribution in [0, 0.1) is 0 Å². The number of amides is 1. The molecule has 0 spiro atoms. The summed E-state index contributed by atoms with van der Waals surface area (Å²) in [7, 11) is 3.06. The van der Waals surface area contributed by atoms with Crippen LogP contribution in [0.1, 0.15) is 22.4 Å². The van der Waals surface area contributed by atoms with Gasteiger partial charge in [0.1, 0.15) is 0 Å². The number of aliphatic hydroxyl groups is 1. The lowest BCUT2D eigenvalue weighted by atomic mass is 10.1. The Balaban J connectivity index is 1.67. The van der Waals surface area contributed by atoms with Gasteiger partial charge < -0.3 is 24.4 Å². The van der Waals surface area contributed by atoms with E-state index in [4.69, 9.17) is 14.0 Å². The van der Waals surface area contributed by atoms with Gasteiger partial charge in [-0.15, -0.1) is 0 Å². The predicted molar refractivity (Wildman–Crippen MR) is 96.6 cm³/mol. The van der Waals surface area contributed by atoms with Crippen molar-refractivity contribution in [1.82, 2.24) is 15.5 Å². The highest BCUT2D eigenvalue weighted by molar-refractivity contribution is 5.89. The summed E-state index contributed by atoms with van der Waals surface area (Å²) in [5.74, 6) is 0.559. The van der Waals surface area contributed by atoms with Crippen molar-refractivity contribution in [2.24, 2.45) is 0 Å². The van der Waals surface area contributed by atoms with Crippen LogP contribution in [-0.4, -0.2) is 41.9 Å². The predicted octanol–water partition coefficient (Wildman–Crippen LogP) is 2.22. The lowest BCUT2D eigenvalue weighted by Gasteiger charge is -2.10. The van der Waals surface area contributed by atoms with Crippen LogP contribution in [0.4, 0.5) is 0 Å². The molecule has 0 aliphatic heterocycles. The van der Waals surface area contributed by atoms with Crippen molar-refractivity contribution in [1.29, 1.82) is 0 Å². The number of ether oxygens (including phenoxy) is 2. The minimum absolute atomic E-state index is 0.0247. The van der Waals surface area contributed by atoms with Gasteiger partial charge in [0.2, 0.25) is 5.82 Å². The first-order valence-corrected chi connectivity index (χ1v) is 8.19. The summed E-state index contributed by atoms with van der Waals surface area (Å²) in [5, 5.41) is 16.5. The molecule has 3 aromatic rings. The first-order chi connectivity index (χ1) is 13.1. The quantitative estimate of drug-likeness (QED) is 0.657. The fraction of sp³-hybridized carbons (Fsp3) is 0.211. The number of aromatic nitrogens is 2. The highest BCUT2D eigenvalue weighted by Crippen LogP contribution is 2.31. The Hall–Kier alpha value is -3.39. The van der Waals surface area contributed by atoms with Gasteiger partial charge in [-0.3, -0.25) is 4.79 Å². The van der Waals surface area contributed by atoms with Crippen LogP contribution in [0.5, 0.6) is 11.5 Å². The summed E-state index contributed by atoms with van der Waals surface area (Å²) in [6.45, 7) is 0.0247. The molecule has 0 fully saturated rings. The Bertz CT molecular complexity index is 911. The summed E-state index contributed by atoms with van der Waals surface area (Å²) in [6.07, 6.45) is -0.830. The van der Waals surface area contributed by atoms with E-state index in [0.29, 0.717) is 22.6 Å². The van der Waals surface area contributed by atoms with Gasteiger partial charge in [-0.1, -0.05) is 35.5 Å². The standard InChI is InChI=1S/C19H19N3O5/c1-25-15-9-8-13(10-16(15)26-2)17-21-19(27-22-17)18(24)20-11-14(23)12-6-4-3-5-7-12/h3-10,14,23H,11H2,1-2H3,(H,20,24)/t14-/m1/s1. The molecule has 0 radical (unpaired) electrons. The second kappa shape index (κ2) is 8.33. The summed E-state index contributed by atoms with van der Waals surface area (Å²) >= 11 is 0. The van der Waals surface area contributed by atoms with Crippen molar-refractivity contribution >= 4 is 5.91 Å². The van der Waals surface area contributed by atoms with Crippen LogP contribution < -0.4 is 14.8 Å². The van der Waals surface area contributed by atoms with Crippen LogP contribution in [-0.2, 0) is 0 Å². The van der Waals surface area contributed by atoms with E-state index in [1.54, 1.807) is 30.3 Å². The maximum atomic E-state index is 12.2. The van der Waals surface area contributed by atoms with Gasteiger partial charge in [0, 0.05) is 12.1 Å². The van der Waals surface area contributed by atoms with Gasteiger partial charge in [-0.05, 0) is 23.8 Å². The molecule has 3 rings (SSSR count). The lowest BCUT2D eigenvalue weighted by Crippen LogP contribution is -2.28. The number of hydrogen-bond acceptors (Lipinski definition) is 7. The highest BCUT2D eigenvalue weighted by atomic mass is 16.5. The Labute approximate surface area is 155 Å². The van der Waals surface area contributed by atoms with E-state index >= 15 is 0 Å². The zero-order chi connectivity index (χ0) is 19.2. The van der Waals surface area contributed by atoms with Gasteiger partial charge >= 0.3 is 11.8 Å². The number of carbonyl (C=O) groups is 1. The van der Waals surface area contributed by atoms with Crippen molar-refractivity contribution in [3.8, 4) is 22.9 Å². The van der Waals surface area contributed by atoms with Crippen molar-refractivity contribution in [2.45, 2.75) is 6.10 Å². The molecule has 0 saturated carbocycles. The first kappa shape index (κ1) is 18.4. The number of nitrogens with one attached hydrogen (secondary N) is 1. The van der Waals surface area contributed by atoms with E-state index in [9.17, 15) is 9.90 Å². The number of nitrogens with zero attached hydrogens (tertiary/aromatic N) is 2. The summed E-state index contributed by atoms with van der Waals surface area (Å²) in [5.41, 5.74) is 1.31. The number of benzene rings is 2. The SMILES string of the molecule is COc1ccc(-c2noc(C(=O)NC[C@@H](O)c3ccccc3)n2)cc1OC. The van der Waals surface area contributed by atoms with Gasteiger partial charge in [-0.25, -0.2) is 0 Å². The zero-order valence-electron chi connectivity index (χ0n) is 14.9. The highest BCUT2D eigenvalue weighted by Gasteiger charge is 2.18. The van der Waals surface area contributed by atoms with Crippen LogP contribution in [0.3, 0.4) is 0 Å².